The third kappa shape index (κ3) is 4.05. The topological polar surface area (TPSA) is 119 Å². The van der Waals surface area contributed by atoms with Crippen LogP contribution in [0.1, 0.15) is 28.8 Å². The van der Waals surface area contributed by atoms with Crippen molar-refractivity contribution in [2.45, 2.75) is 31.4 Å². The Hall–Kier alpha value is -2.41. The minimum absolute atomic E-state index is 0.155. The van der Waals surface area contributed by atoms with Crippen LogP contribution in [-0.4, -0.2) is 41.6 Å². The normalized spacial score (nSPS) is 18.6. The van der Waals surface area contributed by atoms with Gasteiger partial charge in [-0.05, 0) is 30.5 Å². The molecular weight excluding hydrogens is 288 g/mol. The molecule has 1 heterocycles. The van der Waals surface area contributed by atoms with E-state index < -0.39 is 24.0 Å². The van der Waals surface area contributed by atoms with Crippen LogP contribution in [0.15, 0.2) is 24.3 Å². The molecule has 2 rings (SSSR count). The molecule has 1 saturated heterocycles. The van der Waals surface area contributed by atoms with Crippen LogP contribution in [0.2, 0.25) is 0 Å². The van der Waals surface area contributed by atoms with Crippen LogP contribution < -0.4 is 11.1 Å². The molecule has 1 fully saturated rings. The van der Waals surface area contributed by atoms with Crippen LogP contribution >= 0.6 is 0 Å². The second kappa shape index (κ2) is 7.04. The molecule has 7 heteroatoms. The van der Waals surface area contributed by atoms with E-state index in [9.17, 15) is 14.4 Å². The standard InChI is InChI=1S/C15H18N2O5/c16-13(18)11(17-14(19)12-2-1-7-22-12)8-9-3-5-10(6-4-9)15(20)21/h3-6,11-12H,1-2,7-8H2,(H2,16,18)(H,17,19)(H,20,21)/t11-,12+/m1/s1. The van der Waals surface area contributed by atoms with Crippen molar-refractivity contribution in [3.05, 3.63) is 35.4 Å². The van der Waals surface area contributed by atoms with E-state index in [-0.39, 0.29) is 17.9 Å². The quantitative estimate of drug-likeness (QED) is 0.687. The van der Waals surface area contributed by atoms with Crippen molar-refractivity contribution in [1.82, 2.24) is 5.32 Å². The Kier molecular flexibility index (Phi) is 5.11. The Bertz CT molecular complexity index is 564. The lowest BCUT2D eigenvalue weighted by atomic mass is 10.0. The first kappa shape index (κ1) is 16.0. The number of carboxylic acids is 1. The minimum atomic E-state index is -1.02. The van der Waals surface area contributed by atoms with Gasteiger partial charge in [0.25, 0.3) is 0 Å². The zero-order chi connectivity index (χ0) is 16.1. The largest absolute Gasteiger partial charge is 0.478 e. The van der Waals surface area contributed by atoms with Gasteiger partial charge in [0.05, 0.1) is 5.56 Å². The molecule has 0 radical (unpaired) electrons. The second-order valence-electron chi connectivity index (χ2n) is 5.17. The molecule has 1 aliphatic rings. The predicted molar refractivity (Wildman–Crippen MR) is 77.2 cm³/mol. The molecule has 0 spiro atoms. The molecule has 0 aliphatic carbocycles. The average Bonchev–Trinajstić information content (AvgIpc) is 3.01. The molecule has 2 amide bonds. The summed E-state index contributed by atoms with van der Waals surface area (Å²) in [4.78, 5) is 34.3. The van der Waals surface area contributed by atoms with Crippen LogP contribution in [-0.2, 0) is 20.7 Å². The number of rotatable bonds is 6. The van der Waals surface area contributed by atoms with E-state index in [4.69, 9.17) is 15.6 Å². The lowest BCUT2D eigenvalue weighted by Crippen LogP contribution is -2.49. The Morgan fingerprint density at radius 2 is 2.00 bits per heavy atom. The van der Waals surface area contributed by atoms with Gasteiger partial charge in [0.15, 0.2) is 0 Å². The molecule has 2 atom stereocenters. The molecule has 0 bridgehead atoms. The average molecular weight is 306 g/mol. The van der Waals surface area contributed by atoms with E-state index in [1.165, 1.54) is 12.1 Å². The zero-order valence-electron chi connectivity index (χ0n) is 12.0. The van der Waals surface area contributed by atoms with E-state index in [0.29, 0.717) is 18.6 Å². The van der Waals surface area contributed by atoms with E-state index in [2.05, 4.69) is 5.32 Å². The number of carbonyl (C=O) groups excluding carboxylic acids is 2. The van der Waals surface area contributed by atoms with E-state index in [1.54, 1.807) is 12.1 Å². The number of carboxylic acid groups (broad SMARTS) is 1. The molecule has 1 aromatic carbocycles. The first-order chi connectivity index (χ1) is 10.5. The summed E-state index contributed by atoms with van der Waals surface area (Å²) < 4.78 is 5.26. The van der Waals surface area contributed by atoms with Gasteiger partial charge < -0.3 is 20.9 Å². The number of primary amides is 1. The van der Waals surface area contributed by atoms with Crippen LogP contribution in [0.4, 0.5) is 0 Å². The van der Waals surface area contributed by atoms with Crippen LogP contribution in [0.3, 0.4) is 0 Å². The van der Waals surface area contributed by atoms with Crippen molar-refractivity contribution in [2.24, 2.45) is 5.73 Å². The van der Waals surface area contributed by atoms with Gasteiger partial charge in [0.2, 0.25) is 11.8 Å². The minimum Gasteiger partial charge on any atom is -0.478 e. The molecule has 1 aliphatic heterocycles. The first-order valence-corrected chi connectivity index (χ1v) is 7.01. The SMILES string of the molecule is NC(=O)[C@@H](Cc1ccc(C(=O)O)cc1)NC(=O)[C@@H]1CCCO1. The molecule has 7 nitrogen and oxygen atoms in total. The molecule has 1 aromatic rings. The van der Waals surface area contributed by atoms with E-state index in [0.717, 1.165) is 6.42 Å². The fourth-order valence-electron chi connectivity index (χ4n) is 2.29. The van der Waals surface area contributed by atoms with Crippen molar-refractivity contribution in [3.8, 4) is 0 Å². The maximum absolute atomic E-state index is 12.0. The van der Waals surface area contributed by atoms with Crippen LogP contribution in [0.5, 0.6) is 0 Å². The summed E-state index contributed by atoms with van der Waals surface area (Å²) in [5, 5.41) is 11.4. The number of aromatic carboxylic acids is 1. The summed E-state index contributed by atoms with van der Waals surface area (Å²) in [6, 6.07) is 5.22. The summed E-state index contributed by atoms with van der Waals surface area (Å²) in [6.07, 6.45) is 1.12. The van der Waals surface area contributed by atoms with Crippen molar-refractivity contribution >= 4 is 17.8 Å². The van der Waals surface area contributed by atoms with E-state index >= 15 is 0 Å². The Labute approximate surface area is 127 Å². The predicted octanol–water partition coefficient (Wildman–Crippen LogP) is 0.0764. The molecule has 22 heavy (non-hydrogen) atoms. The molecular formula is C15H18N2O5. The number of benzene rings is 1. The highest BCUT2D eigenvalue weighted by Gasteiger charge is 2.27. The number of hydrogen-bond donors (Lipinski definition) is 3. The molecule has 118 valence electrons. The summed E-state index contributed by atoms with van der Waals surface area (Å²) >= 11 is 0. The highest BCUT2D eigenvalue weighted by atomic mass is 16.5. The third-order valence-electron chi connectivity index (χ3n) is 3.52. The Morgan fingerprint density at radius 3 is 2.50 bits per heavy atom. The molecule has 4 N–H and O–H groups in total. The maximum atomic E-state index is 12.0. The van der Waals surface area contributed by atoms with E-state index in [1.807, 2.05) is 0 Å². The second-order valence-corrected chi connectivity index (χ2v) is 5.17. The first-order valence-electron chi connectivity index (χ1n) is 7.01. The summed E-state index contributed by atoms with van der Waals surface area (Å²) in [6.45, 7) is 0.538. The number of hydrogen-bond acceptors (Lipinski definition) is 4. The van der Waals surface area contributed by atoms with Crippen LogP contribution in [0.25, 0.3) is 0 Å². The summed E-state index contributed by atoms with van der Waals surface area (Å²) in [7, 11) is 0. The van der Waals surface area contributed by atoms with Crippen LogP contribution in [0, 0.1) is 0 Å². The third-order valence-corrected chi connectivity index (χ3v) is 3.52. The van der Waals surface area contributed by atoms with Gasteiger partial charge in [-0.25, -0.2) is 4.79 Å². The number of nitrogens with two attached hydrogens (primary N) is 1. The van der Waals surface area contributed by atoms with Gasteiger partial charge in [-0.3, -0.25) is 9.59 Å². The number of amides is 2. The van der Waals surface area contributed by atoms with Gasteiger partial charge in [0, 0.05) is 13.0 Å². The van der Waals surface area contributed by atoms with Crippen molar-refractivity contribution < 1.29 is 24.2 Å². The summed E-state index contributed by atoms with van der Waals surface area (Å²) in [5.41, 5.74) is 6.19. The molecule has 0 saturated carbocycles. The highest BCUT2D eigenvalue weighted by molar-refractivity contribution is 5.89. The highest BCUT2D eigenvalue weighted by Crippen LogP contribution is 2.13. The lowest BCUT2D eigenvalue weighted by molar-refractivity contribution is -0.133. The van der Waals surface area contributed by atoms with Gasteiger partial charge in [-0.15, -0.1) is 0 Å². The van der Waals surface area contributed by atoms with Crippen molar-refractivity contribution in [2.75, 3.05) is 6.61 Å². The lowest BCUT2D eigenvalue weighted by Gasteiger charge is -2.18. The fraction of sp³-hybridized carbons (Fsp3) is 0.400. The van der Waals surface area contributed by atoms with Crippen molar-refractivity contribution in [3.63, 3.8) is 0 Å². The van der Waals surface area contributed by atoms with Gasteiger partial charge in [0.1, 0.15) is 12.1 Å². The maximum Gasteiger partial charge on any atom is 0.335 e. The Balaban J connectivity index is 2.00. The van der Waals surface area contributed by atoms with Gasteiger partial charge in [-0.1, -0.05) is 12.1 Å². The Morgan fingerprint density at radius 1 is 1.32 bits per heavy atom. The van der Waals surface area contributed by atoms with Crippen molar-refractivity contribution in [1.29, 1.82) is 0 Å². The smallest absolute Gasteiger partial charge is 0.335 e. The molecule has 0 aromatic heterocycles. The zero-order valence-corrected chi connectivity index (χ0v) is 12.0. The number of ether oxygens (including phenoxy) is 1. The number of carbonyl (C=O) groups is 3. The number of nitrogens with one attached hydrogen (secondary N) is 1. The monoisotopic (exact) mass is 306 g/mol. The van der Waals surface area contributed by atoms with Gasteiger partial charge in [-0.2, -0.15) is 0 Å². The van der Waals surface area contributed by atoms with Gasteiger partial charge >= 0.3 is 5.97 Å². The fourth-order valence-corrected chi connectivity index (χ4v) is 2.29. The molecule has 0 unspecified atom stereocenters. The summed E-state index contributed by atoms with van der Waals surface area (Å²) in [5.74, 6) is -2.01.